The number of nitrogens with one attached hydrogen (secondary N) is 3. The van der Waals surface area contributed by atoms with Crippen LogP contribution in [-0.4, -0.2) is 166 Å². The molecule has 76 heavy (non-hydrogen) atoms. The van der Waals surface area contributed by atoms with Gasteiger partial charge in [-0.2, -0.15) is 38.1 Å². The second-order valence-corrected chi connectivity index (χ2v) is 18.8. The number of benzene rings is 2. The first-order valence-corrected chi connectivity index (χ1v) is 24.7. The van der Waals surface area contributed by atoms with E-state index in [2.05, 4.69) is 36.7 Å². The average Bonchev–Trinajstić information content (AvgIpc) is 3.73. The van der Waals surface area contributed by atoms with Gasteiger partial charge in [0.1, 0.15) is 30.2 Å². The SMILES string of the molecule is CC(C)(C)[C@H](c1cc(-c2cc(F)ccc2F)cn1Cc1ccccc1)N(CCCN)C(=O)CSCCC=O.CNCCNC.N[C@@H](CSC(CC(=O)O)C(=O)NCC=O)C(=O)O.O=C(O)C(F)(F)F.O=C(O)C(F)(F)F. The van der Waals surface area contributed by atoms with E-state index in [1.54, 1.807) is 0 Å². The van der Waals surface area contributed by atoms with E-state index in [0.29, 0.717) is 50.1 Å². The number of nitrogens with two attached hydrogens (primary N) is 2. The highest BCUT2D eigenvalue weighted by Gasteiger charge is 2.39. The van der Waals surface area contributed by atoms with Crippen molar-refractivity contribution in [3.8, 4) is 11.1 Å². The normalized spacial score (nSPS) is 12.1. The number of rotatable bonds is 25. The molecule has 0 saturated carbocycles. The molecule has 428 valence electrons. The van der Waals surface area contributed by atoms with Gasteiger partial charge in [-0.05, 0) is 62.3 Å². The Morgan fingerprint density at radius 1 is 0.829 bits per heavy atom. The van der Waals surface area contributed by atoms with Gasteiger partial charge in [0.15, 0.2) is 0 Å². The van der Waals surface area contributed by atoms with E-state index < -0.39 is 71.5 Å². The number of carbonyl (C=O) groups is 8. The van der Waals surface area contributed by atoms with E-state index >= 15 is 0 Å². The van der Waals surface area contributed by atoms with Gasteiger partial charge in [-0.1, -0.05) is 51.1 Å². The van der Waals surface area contributed by atoms with E-state index in [1.807, 2.05) is 66.2 Å². The van der Waals surface area contributed by atoms with Crippen molar-refractivity contribution >= 4 is 71.8 Å². The minimum Gasteiger partial charge on any atom is -0.481 e. The zero-order valence-corrected chi connectivity index (χ0v) is 43.7. The predicted molar refractivity (Wildman–Crippen MR) is 269 cm³/mol. The van der Waals surface area contributed by atoms with Crippen LogP contribution in [0, 0.1) is 17.0 Å². The summed E-state index contributed by atoms with van der Waals surface area (Å²) >= 11 is 2.26. The van der Waals surface area contributed by atoms with Gasteiger partial charge in [0, 0.05) is 67.1 Å². The Labute approximate surface area is 441 Å². The molecule has 0 spiro atoms. The number of aromatic nitrogens is 1. The van der Waals surface area contributed by atoms with Gasteiger partial charge in [0.05, 0.1) is 30.0 Å². The fraction of sp³-hybridized carbons (Fsp3) is 0.489. The summed E-state index contributed by atoms with van der Waals surface area (Å²) in [6.07, 6.45) is -6.46. The summed E-state index contributed by atoms with van der Waals surface area (Å²) in [6.45, 7) is 9.50. The van der Waals surface area contributed by atoms with E-state index in [9.17, 15) is 63.9 Å². The maximum atomic E-state index is 14.8. The van der Waals surface area contributed by atoms with Gasteiger partial charge in [-0.3, -0.25) is 19.2 Å². The summed E-state index contributed by atoms with van der Waals surface area (Å²) in [7, 11) is 3.88. The van der Waals surface area contributed by atoms with E-state index in [-0.39, 0.29) is 41.0 Å². The number of hydrogen-bond donors (Lipinski definition) is 9. The molecule has 0 bridgehead atoms. The highest BCUT2D eigenvalue weighted by Crippen LogP contribution is 2.41. The van der Waals surface area contributed by atoms with Crippen molar-refractivity contribution in [2.45, 2.75) is 76.3 Å². The molecular formula is C47H65F8N7O12S2. The molecule has 1 aromatic heterocycles. The van der Waals surface area contributed by atoms with Crippen LogP contribution in [0.4, 0.5) is 35.1 Å². The molecule has 0 aliphatic heterocycles. The number of carboxylic acids is 4. The first kappa shape index (κ1) is 71.9. The van der Waals surface area contributed by atoms with Crippen LogP contribution in [0.3, 0.4) is 0 Å². The van der Waals surface area contributed by atoms with Gasteiger partial charge in [0.25, 0.3) is 0 Å². The van der Waals surface area contributed by atoms with Crippen molar-refractivity contribution in [2.24, 2.45) is 16.9 Å². The molecule has 3 atom stereocenters. The third-order valence-electron chi connectivity index (χ3n) is 9.22. The maximum Gasteiger partial charge on any atom is 0.490 e. The second kappa shape index (κ2) is 37.6. The minimum atomic E-state index is -5.08. The highest BCUT2D eigenvalue weighted by molar-refractivity contribution is 8.00. The Morgan fingerprint density at radius 2 is 1.38 bits per heavy atom. The molecular weight excluding hydrogens is 1070 g/mol. The molecule has 1 unspecified atom stereocenters. The van der Waals surface area contributed by atoms with Crippen molar-refractivity contribution < 1.29 is 93.9 Å². The first-order valence-electron chi connectivity index (χ1n) is 22.5. The lowest BCUT2D eigenvalue weighted by Crippen LogP contribution is -2.44. The van der Waals surface area contributed by atoms with Crippen molar-refractivity contribution in [1.82, 2.24) is 25.4 Å². The zero-order chi connectivity index (χ0) is 58.8. The van der Waals surface area contributed by atoms with Crippen LogP contribution in [-0.2, 0) is 44.9 Å². The average molecular weight is 1140 g/mol. The van der Waals surface area contributed by atoms with Gasteiger partial charge in [0.2, 0.25) is 11.8 Å². The van der Waals surface area contributed by atoms with Gasteiger partial charge < -0.3 is 66.9 Å². The van der Waals surface area contributed by atoms with Gasteiger partial charge in [-0.15, -0.1) is 11.8 Å². The third kappa shape index (κ3) is 31.0. The molecule has 0 aliphatic rings. The Bertz CT molecular complexity index is 2230. The molecule has 0 radical (unpaired) electrons. The fourth-order valence-electron chi connectivity index (χ4n) is 5.83. The number of nitrogens with zero attached hydrogens (tertiary/aromatic N) is 2. The largest absolute Gasteiger partial charge is 0.490 e. The molecule has 3 rings (SSSR count). The number of thioether (sulfide) groups is 2. The van der Waals surface area contributed by atoms with Crippen molar-refractivity contribution in [2.75, 3.05) is 64.1 Å². The lowest BCUT2D eigenvalue weighted by atomic mass is 9.83. The number of alkyl halides is 6. The van der Waals surface area contributed by atoms with E-state index in [1.165, 1.54) is 17.8 Å². The Balaban J connectivity index is 0. The molecule has 2 amide bonds. The summed E-state index contributed by atoms with van der Waals surface area (Å²) in [5, 5.41) is 38.7. The van der Waals surface area contributed by atoms with Crippen LogP contribution in [0.2, 0.25) is 0 Å². The summed E-state index contributed by atoms with van der Waals surface area (Å²) in [5.41, 5.74) is 13.3. The smallest absolute Gasteiger partial charge is 0.481 e. The monoisotopic (exact) mass is 1140 g/mol. The minimum absolute atomic E-state index is 0.0415. The zero-order valence-electron chi connectivity index (χ0n) is 42.1. The van der Waals surface area contributed by atoms with Crippen LogP contribution in [0.25, 0.3) is 11.1 Å². The molecule has 2 aromatic carbocycles. The van der Waals surface area contributed by atoms with Crippen molar-refractivity contribution in [3.05, 3.63) is 83.7 Å². The van der Waals surface area contributed by atoms with Gasteiger partial charge >= 0.3 is 36.2 Å². The topological polar surface area (TPSA) is 314 Å². The van der Waals surface area contributed by atoms with Gasteiger partial charge in [-0.25, -0.2) is 18.4 Å². The number of hydrogen-bond acceptors (Lipinski definition) is 14. The number of halogens is 8. The van der Waals surface area contributed by atoms with E-state index in [0.717, 1.165) is 54.5 Å². The number of carbonyl (C=O) groups excluding carboxylic acids is 4. The Kier molecular flexibility index (Phi) is 35.6. The van der Waals surface area contributed by atoms with Crippen LogP contribution in [0.15, 0.2) is 60.8 Å². The number of amides is 2. The first-order chi connectivity index (χ1) is 35.3. The highest BCUT2D eigenvalue weighted by atomic mass is 32.2. The molecule has 19 nitrogen and oxygen atoms in total. The maximum absolute atomic E-state index is 14.8. The number of carboxylic acid groups (broad SMARTS) is 4. The number of aliphatic carboxylic acids is 4. The van der Waals surface area contributed by atoms with Crippen molar-refractivity contribution in [3.63, 3.8) is 0 Å². The summed E-state index contributed by atoms with van der Waals surface area (Å²) in [4.78, 5) is 86.5. The van der Waals surface area contributed by atoms with Crippen LogP contribution < -0.4 is 27.4 Å². The lowest BCUT2D eigenvalue weighted by molar-refractivity contribution is -0.193. The number of likely N-dealkylation sites (N-methyl/N-ethyl adjacent to an activating group) is 2. The van der Waals surface area contributed by atoms with Crippen LogP contribution in [0.1, 0.15) is 57.3 Å². The molecule has 11 N–H and O–H groups in total. The molecule has 0 aliphatic carbocycles. The summed E-state index contributed by atoms with van der Waals surface area (Å²) in [6, 6.07) is 13.7. The fourth-order valence-corrected chi connectivity index (χ4v) is 7.65. The standard InChI is InChI=1S/C30H37F2N3O2S.C9H14N2O6S.C4H12N2.2C2HF3O2/c1-30(2,3)29(35(14-7-13-33)28(37)21-38-16-8-15-36)27-17-23(25-18-24(31)11-12-26(25)32)20-34(27)19-22-9-5-4-6-10-22;10-5(9(16)17)4-18-6(3-7(13)14)8(15)11-1-2-12;1-5-3-4-6-2;2*3-2(4,5)1(6)7/h4-6,9-12,15,17-18,20,29H,7-8,13-14,16,19,21,33H2,1-3H3;2,5-6H,1,3-4,10H2,(H,11,15)(H,13,14)(H,16,17);5-6H,3-4H2,1-2H3;2*(H,6,7)/t29-;5-,6?;;;/m00.../s1. The summed E-state index contributed by atoms with van der Waals surface area (Å²) < 4.78 is 94.5. The third-order valence-corrected chi connectivity index (χ3v) is 11.5. The Hall–Kier alpha value is -6.14. The molecule has 0 fully saturated rings. The Morgan fingerprint density at radius 3 is 1.83 bits per heavy atom. The predicted octanol–water partition coefficient (Wildman–Crippen LogP) is 5.05. The van der Waals surface area contributed by atoms with Crippen LogP contribution in [0.5, 0.6) is 0 Å². The van der Waals surface area contributed by atoms with Crippen molar-refractivity contribution in [1.29, 1.82) is 0 Å². The molecule has 3 aromatic rings. The molecule has 0 saturated heterocycles. The van der Waals surface area contributed by atoms with Crippen LogP contribution >= 0.6 is 23.5 Å². The summed E-state index contributed by atoms with van der Waals surface area (Å²) in [5.74, 6) is -8.91. The molecule has 29 heteroatoms. The van der Waals surface area contributed by atoms with E-state index in [4.69, 9.17) is 41.5 Å². The number of aldehydes is 2. The second-order valence-electron chi connectivity index (χ2n) is 16.5. The quantitative estimate of drug-likeness (QED) is 0.0304. The lowest BCUT2D eigenvalue weighted by Gasteiger charge is -2.41. The molecule has 1 heterocycles.